The summed E-state index contributed by atoms with van der Waals surface area (Å²) in [6, 6.07) is 2.02. The molecule has 0 aliphatic rings. The van der Waals surface area contributed by atoms with Gasteiger partial charge in [-0.3, -0.25) is 4.90 Å². The predicted molar refractivity (Wildman–Crippen MR) is 39.3 cm³/mol. The van der Waals surface area contributed by atoms with Gasteiger partial charge in [0.25, 0.3) is 0 Å². The van der Waals surface area contributed by atoms with Crippen molar-refractivity contribution in [3.8, 4) is 6.07 Å². The van der Waals surface area contributed by atoms with Crippen molar-refractivity contribution in [2.45, 2.75) is 19.6 Å². The van der Waals surface area contributed by atoms with E-state index in [9.17, 15) is 0 Å². The quantitative estimate of drug-likeness (QED) is 0.431. The summed E-state index contributed by atoms with van der Waals surface area (Å²) in [6.07, 6.45) is 0.575. The van der Waals surface area contributed by atoms with Crippen LogP contribution in [-0.2, 0) is 4.74 Å². The fraction of sp³-hybridized carbons (Fsp3) is 0.857. The van der Waals surface area contributed by atoms with Gasteiger partial charge in [-0.1, -0.05) is 0 Å². The average Bonchev–Trinajstić information content (AvgIpc) is 1.88. The molecule has 0 aliphatic carbocycles. The molecule has 1 atom stereocenters. The lowest BCUT2D eigenvalue weighted by Crippen LogP contribution is -2.27. The van der Waals surface area contributed by atoms with Gasteiger partial charge in [-0.25, -0.2) is 0 Å². The van der Waals surface area contributed by atoms with Crippen LogP contribution in [0, 0.1) is 11.3 Å². The van der Waals surface area contributed by atoms with Crippen LogP contribution in [0.25, 0.3) is 0 Å². The van der Waals surface area contributed by atoms with E-state index in [-0.39, 0.29) is 6.23 Å². The van der Waals surface area contributed by atoms with Crippen LogP contribution in [0.3, 0.4) is 0 Å². The van der Waals surface area contributed by atoms with Crippen molar-refractivity contribution >= 4 is 0 Å². The van der Waals surface area contributed by atoms with E-state index < -0.39 is 0 Å². The standard InChI is InChI=1S/C7H14N2O/c1-7(9(2)3)10-6-4-5-8/h7H,4,6H2,1-3H3. The molecule has 0 saturated heterocycles. The molecule has 0 heterocycles. The van der Waals surface area contributed by atoms with Crippen molar-refractivity contribution in [2.75, 3.05) is 20.7 Å². The Balaban J connectivity index is 3.23. The minimum atomic E-state index is 0.105. The Kier molecular flexibility index (Phi) is 4.91. The first-order valence-corrected chi connectivity index (χ1v) is 3.33. The SMILES string of the molecule is CC(OCCC#N)N(C)C. The molecule has 0 rings (SSSR count). The van der Waals surface area contributed by atoms with Gasteiger partial charge >= 0.3 is 0 Å². The zero-order valence-corrected chi connectivity index (χ0v) is 6.79. The van der Waals surface area contributed by atoms with Gasteiger partial charge in [0.2, 0.25) is 0 Å². The fourth-order valence-corrected chi connectivity index (χ4v) is 0.424. The Bertz CT molecular complexity index is 117. The minimum absolute atomic E-state index is 0.105. The highest BCUT2D eigenvalue weighted by atomic mass is 16.5. The Labute approximate surface area is 62.2 Å². The monoisotopic (exact) mass is 142 g/mol. The summed E-state index contributed by atoms with van der Waals surface area (Å²) in [5, 5.41) is 8.17. The van der Waals surface area contributed by atoms with Crippen molar-refractivity contribution in [3.05, 3.63) is 0 Å². The number of nitriles is 1. The van der Waals surface area contributed by atoms with Gasteiger partial charge < -0.3 is 4.74 Å². The summed E-state index contributed by atoms with van der Waals surface area (Å²) in [7, 11) is 3.88. The molecule has 10 heavy (non-hydrogen) atoms. The number of ether oxygens (including phenoxy) is 1. The van der Waals surface area contributed by atoms with Gasteiger partial charge in [-0.05, 0) is 21.0 Å². The highest BCUT2D eigenvalue weighted by Crippen LogP contribution is 1.93. The molecule has 0 saturated carbocycles. The van der Waals surface area contributed by atoms with Gasteiger partial charge in [0.15, 0.2) is 0 Å². The van der Waals surface area contributed by atoms with E-state index in [1.165, 1.54) is 0 Å². The smallest absolute Gasteiger partial charge is 0.107 e. The van der Waals surface area contributed by atoms with Crippen LogP contribution in [0.5, 0.6) is 0 Å². The van der Waals surface area contributed by atoms with Crippen LogP contribution in [0.1, 0.15) is 13.3 Å². The normalized spacial score (nSPS) is 13.1. The second-order valence-electron chi connectivity index (χ2n) is 2.34. The first kappa shape index (κ1) is 9.41. The van der Waals surface area contributed by atoms with Crippen molar-refractivity contribution in [3.63, 3.8) is 0 Å². The molecule has 0 aromatic rings. The second kappa shape index (κ2) is 5.21. The molecular formula is C7H14N2O. The van der Waals surface area contributed by atoms with Gasteiger partial charge in [0.1, 0.15) is 6.23 Å². The Morgan fingerprint density at radius 2 is 2.20 bits per heavy atom. The van der Waals surface area contributed by atoms with Crippen LogP contribution in [0.15, 0.2) is 0 Å². The molecule has 0 N–H and O–H groups in total. The molecule has 1 unspecified atom stereocenters. The van der Waals surface area contributed by atoms with E-state index in [0.29, 0.717) is 13.0 Å². The lowest BCUT2D eigenvalue weighted by Gasteiger charge is -2.19. The molecule has 3 heteroatoms. The number of rotatable bonds is 4. The fourth-order valence-electron chi connectivity index (χ4n) is 0.424. The van der Waals surface area contributed by atoms with Crippen LogP contribution in [-0.4, -0.2) is 31.8 Å². The molecule has 0 spiro atoms. The van der Waals surface area contributed by atoms with E-state index >= 15 is 0 Å². The summed E-state index contributed by atoms with van der Waals surface area (Å²) < 4.78 is 5.25. The molecular weight excluding hydrogens is 128 g/mol. The lowest BCUT2D eigenvalue weighted by atomic mass is 10.5. The molecule has 0 aromatic heterocycles. The molecule has 0 bridgehead atoms. The summed E-state index contributed by atoms with van der Waals surface area (Å²) in [6.45, 7) is 2.48. The van der Waals surface area contributed by atoms with Crippen molar-refractivity contribution < 1.29 is 4.74 Å². The summed E-state index contributed by atoms with van der Waals surface area (Å²) in [4.78, 5) is 1.96. The summed E-state index contributed by atoms with van der Waals surface area (Å²) in [5.74, 6) is 0. The van der Waals surface area contributed by atoms with E-state index in [0.717, 1.165) is 0 Å². The molecule has 3 nitrogen and oxygen atoms in total. The Hall–Kier alpha value is -0.590. The third-order valence-electron chi connectivity index (χ3n) is 1.30. The van der Waals surface area contributed by atoms with Crippen molar-refractivity contribution in [2.24, 2.45) is 0 Å². The van der Waals surface area contributed by atoms with E-state index in [1.807, 2.05) is 32.0 Å². The highest BCUT2D eigenvalue weighted by molar-refractivity contribution is 4.67. The van der Waals surface area contributed by atoms with Gasteiger partial charge in [-0.15, -0.1) is 0 Å². The van der Waals surface area contributed by atoms with Crippen LogP contribution >= 0.6 is 0 Å². The zero-order valence-electron chi connectivity index (χ0n) is 6.79. The van der Waals surface area contributed by atoms with Gasteiger partial charge in [0, 0.05) is 0 Å². The van der Waals surface area contributed by atoms with Crippen LogP contribution in [0.2, 0.25) is 0 Å². The maximum absolute atomic E-state index is 8.17. The molecule has 0 aromatic carbocycles. The third-order valence-corrected chi connectivity index (χ3v) is 1.30. The topological polar surface area (TPSA) is 36.3 Å². The Morgan fingerprint density at radius 1 is 1.60 bits per heavy atom. The molecule has 0 radical (unpaired) electrons. The molecule has 0 amide bonds. The van der Waals surface area contributed by atoms with Crippen molar-refractivity contribution in [1.29, 1.82) is 5.26 Å². The minimum Gasteiger partial charge on any atom is -0.362 e. The van der Waals surface area contributed by atoms with E-state index in [4.69, 9.17) is 10.00 Å². The highest BCUT2D eigenvalue weighted by Gasteiger charge is 2.01. The van der Waals surface area contributed by atoms with Crippen LogP contribution in [0.4, 0.5) is 0 Å². The molecule has 58 valence electrons. The predicted octanol–water partition coefficient (Wildman–Crippen LogP) is 0.824. The second-order valence-corrected chi connectivity index (χ2v) is 2.34. The summed E-state index contributed by atoms with van der Waals surface area (Å²) in [5.41, 5.74) is 0. The molecule has 0 aliphatic heterocycles. The maximum atomic E-state index is 8.17. The van der Waals surface area contributed by atoms with E-state index in [2.05, 4.69) is 0 Å². The maximum Gasteiger partial charge on any atom is 0.107 e. The largest absolute Gasteiger partial charge is 0.362 e. The first-order chi connectivity index (χ1) is 4.68. The van der Waals surface area contributed by atoms with Gasteiger partial charge in [0.05, 0.1) is 19.1 Å². The van der Waals surface area contributed by atoms with Crippen molar-refractivity contribution in [1.82, 2.24) is 4.90 Å². The average molecular weight is 142 g/mol. The zero-order chi connectivity index (χ0) is 7.98. The Morgan fingerprint density at radius 3 is 2.60 bits per heavy atom. The third kappa shape index (κ3) is 4.30. The number of nitrogens with zero attached hydrogens (tertiary/aromatic N) is 2. The van der Waals surface area contributed by atoms with Crippen LogP contribution < -0.4 is 0 Å². The molecule has 0 fully saturated rings. The number of hydrogen-bond donors (Lipinski definition) is 0. The number of hydrogen-bond acceptors (Lipinski definition) is 3. The first-order valence-electron chi connectivity index (χ1n) is 3.33. The van der Waals surface area contributed by atoms with E-state index in [1.54, 1.807) is 0 Å². The van der Waals surface area contributed by atoms with Gasteiger partial charge in [-0.2, -0.15) is 5.26 Å². The summed E-state index contributed by atoms with van der Waals surface area (Å²) >= 11 is 0. The lowest BCUT2D eigenvalue weighted by molar-refractivity contribution is -0.0199.